The van der Waals surface area contributed by atoms with E-state index in [-0.39, 0.29) is 5.91 Å². The molecule has 1 unspecified atom stereocenters. The Morgan fingerprint density at radius 2 is 2.37 bits per heavy atom. The van der Waals surface area contributed by atoms with Gasteiger partial charge in [0, 0.05) is 30.7 Å². The van der Waals surface area contributed by atoms with Crippen LogP contribution in [0.25, 0.3) is 0 Å². The van der Waals surface area contributed by atoms with Crippen molar-refractivity contribution in [1.29, 1.82) is 0 Å². The summed E-state index contributed by atoms with van der Waals surface area (Å²) in [6.45, 7) is 6.13. The minimum absolute atomic E-state index is 0.0216. The number of hydrogen-bond donors (Lipinski definition) is 1. The normalized spacial score (nSPS) is 21.0. The quantitative estimate of drug-likeness (QED) is 0.921. The van der Waals surface area contributed by atoms with Gasteiger partial charge in [-0.05, 0) is 32.0 Å². The van der Waals surface area contributed by atoms with Gasteiger partial charge in [-0.25, -0.2) is 0 Å². The first-order valence-corrected chi connectivity index (χ1v) is 6.88. The van der Waals surface area contributed by atoms with E-state index in [1.54, 1.807) is 25.1 Å². The van der Waals surface area contributed by atoms with Crippen LogP contribution in [-0.4, -0.2) is 42.6 Å². The van der Waals surface area contributed by atoms with Crippen molar-refractivity contribution < 1.29 is 9.53 Å². The van der Waals surface area contributed by atoms with E-state index >= 15 is 0 Å². The minimum atomic E-state index is -0.497. The van der Waals surface area contributed by atoms with Gasteiger partial charge in [-0.2, -0.15) is 0 Å². The summed E-state index contributed by atoms with van der Waals surface area (Å²) >= 11 is 5.89. The molecular formula is C14H19ClN2O2. The van der Waals surface area contributed by atoms with E-state index in [0.717, 1.165) is 19.6 Å². The van der Waals surface area contributed by atoms with Crippen LogP contribution in [0.5, 0.6) is 5.75 Å². The Morgan fingerprint density at radius 3 is 3.05 bits per heavy atom. The molecule has 0 saturated carbocycles. The fraction of sp³-hybridized carbons (Fsp3) is 0.500. The van der Waals surface area contributed by atoms with Crippen LogP contribution in [0.4, 0.5) is 0 Å². The van der Waals surface area contributed by atoms with Crippen LogP contribution < -0.4 is 10.1 Å². The molecule has 0 aliphatic carbocycles. The highest BCUT2D eigenvalue weighted by molar-refractivity contribution is 6.30. The Hall–Kier alpha value is -1.26. The molecule has 0 aromatic heterocycles. The first-order chi connectivity index (χ1) is 9.06. The number of piperazine rings is 1. The van der Waals surface area contributed by atoms with Crippen LogP contribution in [0.3, 0.4) is 0 Å². The number of rotatable bonds is 3. The maximum Gasteiger partial charge on any atom is 0.263 e. The van der Waals surface area contributed by atoms with Crippen molar-refractivity contribution in [3.8, 4) is 5.75 Å². The van der Waals surface area contributed by atoms with Crippen molar-refractivity contribution in [1.82, 2.24) is 10.2 Å². The van der Waals surface area contributed by atoms with Crippen molar-refractivity contribution in [3.63, 3.8) is 0 Å². The monoisotopic (exact) mass is 282 g/mol. The fourth-order valence-corrected chi connectivity index (χ4v) is 2.36. The first-order valence-electron chi connectivity index (χ1n) is 6.50. The number of ether oxygens (including phenoxy) is 1. The van der Waals surface area contributed by atoms with Crippen molar-refractivity contribution in [2.24, 2.45) is 0 Å². The van der Waals surface area contributed by atoms with E-state index in [9.17, 15) is 4.79 Å². The molecule has 1 aromatic carbocycles. The average molecular weight is 283 g/mol. The predicted octanol–water partition coefficient (Wildman–Crippen LogP) is 1.93. The number of amides is 1. The lowest BCUT2D eigenvalue weighted by Crippen LogP contribution is -2.54. The molecule has 1 aliphatic heterocycles. The molecule has 2 rings (SSSR count). The zero-order chi connectivity index (χ0) is 13.8. The number of carbonyl (C=O) groups is 1. The SMILES string of the molecule is CC(Oc1cccc(Cl)c1)C(=O)N1CCN[C@@H](C)C1. The summed E-state index contributed by atoms with van der Waals surface area (Å²) in [5.41, 5.74) is 0. The largest absolute Gasteiger partial charge is 0.481 e. The van der Waals surface area contributed by atoms with Gasteiger partial charge in [0.25, 0.3) is 5.91 Å². The van der Waals surface area contributed by atoms with Gasteiger partial charge in [-0.1, -0.05) is 17.7 Å². The Kier molecular flexibility index (Phi) is 4.66. The standard InChI is InChI=1S/C14H19ClN2O2/c1-10-9-17(7-6-16-10)14(18)11(2)19-13-5-3-4-12(15)8-13/h3-5,8,10-11,16H,6-7,9H2,1-2H3/t10-,11?/m0/s1. The molecule has 4 nitrogen and oxygen atoms in total. The Labute approximate surface area is 118 Å². The highest BCUT2D eigenvalue weighted by atomic mass is 35.5. The number of hydrogen-bond acceptors (Lipinski definition) is 3. The Bertz CT molecular complexity index is 453. The van der Waals surface area contributed by atoms with Gasteiger partial charge in [0.1, 0.15) is 5.75 Å². The van der Waals surface area contributed by atoms with E-state index in [2.05, 4.69) is 12.2 Å². The number of benzene rings is 1. The van der Waals surface area contributed by atoms with Gasteiger partial charge in [0.2, 0.25) is 0 Å². The van der Waals surface area contributed by atoms with Gasteiger partial charge < -0.3 is 15.0 Å². The molecule has 1 heterocycles. The third-order valence-corrected chi connectivity index (χ3v) is 3.37. The summed E-state index contributed by atoms with van der Waals surface area (Å²) < 4.78 is 5.65. The highest BCUT2D eigenvalue weighted by Crippen LogP contribution is 2.19. The molecule has 1 N–H and O–H groups in total. The number of nitrogens with zero attached hydrogens (tertiary/aromatic N) is 1. The van der Waals surface area contributed by atoms with Crippen LogP contribution in [-0.2, 0) is 4.79 Å². The predicted molar refractivity (Wildman–Crippen MR) is 75.6 cm³/mol. The lowest BCUT2D eigenvalue weighted by molar-refractivity contribution is -0.139. The third kappa shape index (κ3) is 3.85. The molecule has 0 radical (unpaired) electrons. The molecule has 0 bridgehead atoms. The average Bonchev–Trinajstić information content (AvgIpc) is 2.38. The summed E-state index contributed by atoms with van der Waals surface area (Å²) in [5, 5.41) is 3.92. The molecule has 5 heteroatoms. The van der Waals surface area contributed by atoms with Gasteiger partial charge in [-0.15, -0.1) is 0 Å². The lowest BCUT2D eigenvalue weighted by atomic mass is 10.2. The van der Waals surface area contributed by atoms with E-state index < -0.39 is 6.10 Å². The second-order valence-corrected chi connectivity index (χ2v) is 5.29. The van der Waals surface area contributed by atoms with Crippen molar-refractivity contribution in [2.75, 3.05) is 19.6 Å². The molecule has 1 aliphatic rings. The van der Waals surface area contributed by atoms with Crippen LogP contribution in [0.2, 0.25) is 5.02 Å². The zero-order valence-electron chi connectivity index (χ0n) is 11.2. The maximum atomic E-state index is 12.3. The summed E-state index contributed by atoms with van der Waals surface area (Å²) in [6.07, 6.45) is -0.497. The van der Waals surface area contributed by atoms with Crippen molar-refractivity contribution >= 4 is 17.5 Å². The molecule has 19 heavy (non-hydrogen) atoms. The van der Waals surface area contributed by atoms with E-state index in [4.69, 9.17) is 16.3 Å². The topological polar surface area (TPSA) is 41.6 Å². The van der Waals surface area contributed by atoms with Crippen LogP contribution >= 0.6 is 11.6 Å². The van der Waals surface area contributed by atoms with Crippen LogP contribution in [0.15, 0.2) is 24.3 Å². The van der Waals surface area contributed by atoms with Crippen LogP contribution in [0.1, 0.15) is 13.8 Å². The summed E-state index contributed by atoms with van der Waals surface area (Å²) in [5.74, 6) is 0.643. The number of nitrogens with one attached hydrogen (secondary N) is 1. The summed E-state index contributed by atoms with van der Waals surface area (Å²) in [6, 6.07) is 7.43. The van der Waals surface area contributed by atoms with E-state index in [1.165, 1.54) is 0 Å². The van der Waals surface area contributed by atoms with E-state index in [0.29, 0.717) is 16.8 Å². The van der Waals surface area contributed by atoms with Gasteiger partial charge in [0.05, 0.1) is 0 Å². The first kappa shape index (κ1) is 14.2. The Morgan fingerprint density at radius 1 is 1.58 bits per heavy atom. The fourth-order valence-electron chi connectivity index (χ4n) is 2.18. The van der Waals surface area contributed by atoms with E-state index in [1.807, 2.05) is 11.0 Å². The molecule has 1 fully saturated rings. The molecule has 1 amide bonds. The third-order valence-electron chi connectivity index (χ3n) is 3.14. The maximum absolute atomic E-state index is 12.3. The molecule has 0 spiro atoms. The minimum Gasteiger partial charge on any atom is -0.481 e. The molecule has 2 atom stereocenters. The molecular weight excluding hydrogens is 264 g/mol. The molecule has 1 aromatic rings. The second kappa shape index (κ2) is 6.26. The molecule has 1 saturated heterocycles. The van der Waals surface area contributed by atoms with Crippen molar-refractivity contribution in [2.45, 2.75) is 26.0 Å². The number of carbonyl (C=O) groups excluding carboxylic acids is 1. The lowest BCUT2D eigenvalue weighted by Gasteiger charge is -2.33. The Balaban J connectivity index is 1.95. The van der Waals surface area contributed by atoms with Gasteiger partial charge in [-0.3, -0.25) is 4.79 Å². The van der Waals surface area contributed by atoms with Gasteiger partial charge in [0.15, 0.2) is 6.10 Å². The number of halogens is 1. The highest BCUT2D eigenvalue weighted by Gasteiger charge is 2.25. The summed E-state index contributed by atoms with van der Waals surface area (Å²) in [7, 11) is 0. The molecule has 104 valence electrons. The smallest absolute Gasteiger partial charge is 0.263 e. The van der Waals surface area contributed by atoms with Gasteiger partial charge >= 0.3 is 0 Å². The second-order valence-electron chi connectivity index (χ2n) is 4.86. The van der Waals surface area contributed by atoms with Crippen molar-refractivity contribution in [3.05, 3.63) is 29.3 Å². The zero-order valence-corrected chi connectivity index (χ0v) is 12.0. The van der Waals surface area contributed by atoms with Crippen LogP contribution in [0, 0.1) is 0 Å². The summed E-state index contributed by atoms with van der Waals surface area (Å²) in [4.78, 5) is 14.1.